The molecule has 8 heteroatoms. The Morgan fingerprint density at radius 2 is 1.55 bits per heavy atom. The molecule has 0 spiro atoms. The predicted octanol–water partition coefficient (Wildman–Crippen LogP) is 3.49. The standard InChI is InChI=1S/C23H32N2O5S/c1-5-15-25(16-6-2)31(27,28)20-10-8-19(9-11-20)23(26)24-14-13-18-7-12-21(29-3)22(17-18)30-4/h7-12,17H,5-6,13-16H2,1-4H3,(H,24,26). The van der Waals surface area contributed by atoms with Crippen molar-refractivity contribution in [2.75, 3.05) is 33.9 Å². The van der Waals surface area contributed by atoms with Gasteiger partial charge in [0.15, 0.2) is 11.5 Å². The van der Waals surface area contributed by atoms with E-state index in [0.29, 0.717) is 43.1 Å². The molecule has 0 heterocycles. The molecule has 0 saturated carbocycles. The fourth-order valence-corrected chi connectivity index (χ4v) is 4.86. The molecule has 2 aromatic carbocycles. The quantitative estimate of drug-likeness (QED) is 0.537. The number of hydrogen-bond donors (Lipinski definition) is 1. The summed E-state index contributed by atoms with van der Waals surface area (Å²) in [6.45, 7) is 5.31. The minimum Gasteiger partial charge on any atom is -0.493 e. The molecular formula is C23H32N2O5S. The van der Waals surface area contributed by atoms with Crippen molar-refractivity contribution >= 4 is 15.9 Å². The Morgan fingerprint density at radius 1 is 0.935 bits per heavy atom. The van der Waals surface area contributed by atoms with E-state index in [1.54, 1.807) is 26.4 Å². The maximum Gasteiger partial charge on any atom is 0.251 e. The summed E-state index contributed by atoms with van der Waals surface area (Å²) < 4.78 is 37.7. The molecule has 0 atom stereocenters. The molecule has 0 aliphatic rings. The first-order chi connectivity index (χ1) is 14.9. The largest absolute Gasteiger partial charge is 0.493 e. The molecular weight excluding hydrogens is 416 g/mol. The van der Waals surface area contributed by atoms with E-state index in [0.717, 1.165) is 18.4 Å². The lowest BCUT2D eigenvalue weighted by molar-refractivity contribution is 0.0954. The molecule has 0 radical (unpaired) electrons. The van der Waals surface area contributed by atoms with Gasteiger partial charge in [-0.2, -0.15) is 4.31 Å². The summed E-state index contributed by atoms with van der Waals surface area (Å²) in [4.78, 5) is 12.6. The van der Waals surface area contributed by atoms with E-state index in [4.69, 9.17) is 9.47 Å². The van der Waals surface area contributed by atoms with E-state index >= 15 is 0 Å². The van der Waals surface area contributed by atoms with Crippen LogP contribution in [-0.4, -0.2) is 52.5 Å². The zero-order valence-corrected chi connectivity index (χ0v) is 19.5. The minimum atomic E-state index is -3.55. The number of benzene rings is 2. The highest BCUT2D eigenvalue weighted by Gasteiger charge is 2.23. The van der Waals surface area contributed by atoms with E-state index in [2.05, 4.69) is 5.32 Å². The van der Waals surface area contributed by atoms with Crippen LogP contribution >= 0.6 is 0 Å². The molecule has 0 bridgehead atoms. The number of nitrogens with zero attached hydrogens (tertiary/aromatic N) is 1. The van der Waals surface area contributed by atoms with Gasteiger partial charge >= 0.3 is 0 Å². The number of carbonyl (C=O) groups is 1. The van der Waals surface area contributed by atoms with Crippen LogP contribution in [0, 0.1) is 0 Å². The van der Waals surface area contributed by atoms with Crippen LogP contribution in [0.5, 0.6) is 11.5 Å². The maximum atomic E-state index is 12.8. The van der Waals surface area contributed by atoms with Gasteiger partial charge in [0.2, 0.25) is 10.0 Å². The van der Waals surface area contributed by atoms with Gasteiger partial charge in [0.05, 0.1) is 19.1 Å². The summed E-state index contributed by atoms with van der Waals surface area (Å²) in [6.07, 6.45) is 2.13. The van der Waals surface area contributed by atoms with Crippen LogP contribution in [0.25, 0.3) is 0 Å². The lowest BCUT2D eigenvalue weighted by atomic mass is 10.1. The van der Waals surface area contributed by atoms with Crippen LogP contribution < -0.4 is 14.8 Å². The molecule has 0 fully saturated rings. The number of amides is 1. The SMILES string of the molecule is CCCN(CCC)S(=O)(=O)c1ccc(C(=O)NCCc2ccc(OC)c(OC)c2)cc1. The number of methoxy groups -OCH3 is 2. The third kappa shape index (κ3) is 6.45. The van der Waals surface area contributed by atoms with Gasteiger partial charge in [-0.3, -0.25) is 4.79 Å². The van der Waals surface area contributed by atoms with E-state index in [1.165, 1.54) is 16.4 Å². The zero-order chi connectivity index (χ0) is 22.9. The summed E-state index contributed by atoms with van der Waals surface area (Å²) in [7, 11) is -0.391. The summed E-state index contributed by atoms with van der Waals surface area (Å²) in [5.74, 6) is 1.05. The average Bonchev–Trinajstić information content (AvgIpc) is 2.78. The van der Waals surface area contributed by atoms with Gasteiger partial charge in [0.25, 0.3) is 5.91 Å². The van der Waals surface area contributed by atoms with Crippen LogP contribution in [0.3, 0.4) is 0 Å². The van der Waals surface area contributed by atoms with Crippen molar-refractivity contribution in [2.45, 2.75) is 38.0 Å². The Kier molecular flexibility index (Phi) is 9.33. The first kappa shape index (κ1) is 24.7. The summed E-state index contributed by atoms with van der Waals surface area (Å²) in [5.41, 5.74) is 1.43. The van der Waals surface area contributed by atoms with Gasteiger partial charge in [-0.25, -0.2) is 8.42 Å². The van der Waals surface area contributed by atoms with E-state index in [-0.39, 0.29) is 10.8 Å². The van der Waals surface area contributed by atoms with E-state index in [1.807, 2.05) is 32.0 Å². The first-order valence-corrected chi connectivity index (χ1v) is 11.9. The third-order valence-electron chi connectivity index (χ3n) is 4.85. The fourth-order valence-electron chi connectivity index (χ4n) is 3.24. The number of carbonyl (C=O) groups excluding carboxylic acids is 1. The average molecular weight is 449 g/mol. The molecule has 0 unspecified atom stereocenters. The van der Waals surface area contributed by atoms with E-state index in [9.17, 15) is 13.2 Å². The Hall–Kier alpha value is -2.58. The van der Waals surface area contributed by atoms with Gasteiger partial charge in [0, 0.05) is 25.2 Å². The number of rotatable bonds is 12. The molecule has 0 aromatic heterocycles. The van der Waals surface area contributed by atoms with E-state index < -0.39 is 10.0 Å². The summed E-state index contributed by atoms with van der Waals surface area (Å²) in [5, 5.41) is 2.86. The Bertz CT molecular complexity index is 952. The second-order valence-electron chi connectivity index (χ2n) is 7.12. The lowest BCUT2D eigenvalue weighted by Crippen LogP contribution is -2.32. The van der Waals surface area contributed by atoms with Crippen LogP contribution in [0.1, 0.15) is 42.6 Å². The van der Waals surface area contributed by atoms with Crippen molar-refractivity contribution in [1.29, 1.82) is 0 Å². The second kappa shape index (κ2) is 11.7. The Balaban J connectivity index is 1.99. The topological polar surface area (TPSA) is 84.9 Å². The lowest BCUT2D eigenvalue weighted by Gasteiger charge is -2.21. The van der Waals surface area contributed by atoms with Crippen LogP contribution in [-0.2, 0) is 16.4 Å². The molecule has 2 rings (SSSR count). The van der Waals surface area contributed by atoms with Gasteiger partial charge < -0.3 is 14.8 Å². The second-order valence-corrected chi connectivity index (χ2v) is 9.06. The summed E-state index contributed by atoms with van der Waals surface area (Å²) in [6, 6.07) is 11.7. The number of ether oxygens (including phenoxy) is 2. The van der Waals surface area contributed by atoms with Crippen LogP contribution in [0.4, 0.5) is 0 Å². The van der Waals surface area contributed by atoms with Crippen LogP contribution in [0.15, 0.2) is 47.4 Å². The monoisotopic (exact) mass is 448 g/mol. The zero-order valence-electron chi connectivity index (χ0n) is 18.7. The number of sulfonamides is 1. The molecule has 0 aliphatic heterocycles. The molecule has 1 N–H and O–H groups in total. The van der Waals surface area contributed by atoms with Gasteiger partial charge in [-0.1, -0.05) is 19.9 Å². The van der Waals surface area contributed by atoms with Crippen molar-refractivity contribution in [1.82, 2.24) is 9.62 Å². The third-order valence-corrected chi connectivity index (χ3v) is 6.76. The van der Waals surface area contributed by atoms with Crippen molar-refractivity contribution in [3.63, 3.8) is 0 Å². The molecule has 31 heavy (non-hydrogen) atoms. The molecule has 0 saturated heterocycles. The fraction of sp³-hybridized carbons (Fsp3) is 0.435. The van der Waals surface area contributed by atoms with Crippen LogP contribution in [0.2, 0.25) is 0 Å². The Labute approximate surface area is 185 Å². The molecule has 170 valence electrons. The van der Waals surface area contributed by atoms with Crippen molar-refractivity contribution in [3.05, 3.63) is 53.6 Å². The normalized spacial score (nSPS) is 11.4. The van der Waals surface area contributed by atoms with Crippen molar-refractivity contribution in [2.24, 2.45) is 0 Å². The highest BCUT2D eigenvalue weighted by atomic mass is 32.2. The van der Waals surface area contributed by atoms with Gasteiger partial charge in [-0.05, 0) is 61.2 Å². The van der Waals surface area contributed by atoms with Gasteiger partial charge in [0.1, 0.15) is 0 Å². The first-order valence-electron chi connectivity index (χ1n) is 10.5. The highest BCUT2D eigenvalue weighted by molar-refractivity contribution is 7.89. The smallest absolute Gasteiger partial charge is 0.251 e. The summed E-state index contributed by atoms with van der Waals surface area (Å²) >= 11 is 0. The maximum absolute atomic E-state index is 12.8. The molecule has 0 aliphatic carbocycles. The van der Waals surface area contributed by atoms with Crippen molar-refractivity contribution < 1.29 is 22.7 Å². The molecule has 2 aromatic rings. The molecule has 1 amide bonds. The molecule has 7 nitrogen and oxygen atoms in total. The number of nitrogens with one attached hydrogen (secondary N) is 1. The van der Waals surface area contributed by atoms with Crippen molar-refractivity contribution in [3.8, 4) is 11.5 Å². The van der Waals surface area contributed by atoms with Gasteiger partial charge in [-0.15, -0.1) is 0 Å². The minimum absolute atomic E-state index is 0.205. The highest BCUT2D eigenvalue weighted by Crippen LogP contribution is 2.27. The number of hydrogen-bond acceptors (Lipinski definition) is 5. The predicted molar refractivity (Wildman–Crippen MR) is 121 cm³/mol. The Morgan fingerprint density at radius 3 is 2.10 bits per heavy atom.